The monoisotopic (exact) mass is 696 g/mol. The number of anilines is 2. The Morgan fingerprint density at radius 2 is 1.60 bits per heavy atom. The molecular formula is C31H30F6N6O4S. The standard InChI is InChI=1S/C29H29F3N6O2S.C2HF3O2/c30-20-15-23(28(32)26(16-20)36-41(39,40)22-3-1-2-4-22)24-18-38(35-29(24)19-7-9-33-10-8-19)21-5-6-27(25(31)17-21)37-13-11-34-12-14-37;3-2(4,5)1(6)7/h5-10,15-18,22,34,36H,1-4,11-14H2;(H,6,7). The Morgan fingerprint density at radius 1 is 0.958 bits per heavy atom. The van der Waals surface area contributed by atoms with Crippen LogP contribution in [0.3, 0.4) is 0 Å². The molecule has 48 heavy (non-hydrogen) atoms. The van der Waals surface area contributed by atoms with Crippen molar-refractivity contribution < 1.29 is 44.7 Å². The van der Waals surface area contributed by atoms with Crippen molar-refractivity contribution in [3.63, 3.8) is 0 Å². The highest BCUT2D eigenvalue weighted by Gasteiger charge is 2.38. The maximum absolute atomic E-state index is 16.0. The lowest BCUT2D eigenvalue weighted by atomic mass is 10.0. The van der Waals surface area contributed by atoms with Crippen LogP contribution in [0.2, 0.25) is 0 Å². The molecule has 0 amide bonds. The van der Waals surface area contributed by atoms with Crippen molar-refractivity contribution in [3.8, 4) is 28.1 Å². The van der Waals surface area contributed by atoms with Crippen LogP contribution in [0.4, 0.5) is 37.7 Å². The Labute approximate surface area is 271 Å². The number of carboxylic acid groups (broad SMARTS) is 1. The van der Waals surface area contributed by atoms with Gasteiger partial charge in [0.05, 0.1) is 22.3 Å². The van der Waals surface area contributed by atoms with Crippen LogP contribution in [0.25, 0.3) is 28.1 Å². The lowest BCUT2D eigenvalue weighted by Crippen LogP contribution is -2.43. The van der Waals surface area contributed by atoms with E-state index in [0.717, 1.165) is 38.1 Å². The van der Waals surface area contributed by atoms with E-state index < -0.39 is 50.6 Å². The third kappa shape index (κ3) is 7.90. The van der Waals surface area contributed by atoms with E-state index in [9.17, 15) is 26.0 Å². The van der Waals surface area contributed by atoms with Crippen molar-refractivity contribution >= 4 is 27.4 Å². The van der Waals surface area contributed by atoms with E-state index in [1.807, 2.05) is 4.90 Å². The van der Waals surface area contributed by atoms with Gasteiger partial charge in [-0.3, -0.25) is 9.71 Å². The summed E-state index contributed by atoms with van der Waals surface area (Å²) >= 11 is 0. The minimum absolute atomic E-state index is 0.176. The van der Waals surface area contributed by atoms with Gasteiger partial charge in [0.25, 0.3) is 0 Å². The van der Waals surface area contributed by atoms with Gasteiger partial charge in [0.15, 0.2) is 5.82 Å². The van der Waals surface area contributed by atoms with Crippen molar-refractivity contribution in [1.29, 1.82) is 0 Å². The first kappa shape index (κ1) is 34.7. The number of alkyl halides is 3. The molecule has 4 aromatic rings. The molecule has 3 N–H and O–H groups in total. The van der Waals surface area contributed by atoms with Crippen LogP contribution in [-0.4, -0.2) is 71.9 Å². The number of benzene rings is 2. The summed E-state index contributed by atoms with van der Waals surface area (Å²) in [6.45, 7) is 2.88. The van der Waals surface area contributed by atoms with Gasteiger partial charge >= 0.3 is 12.1 Å². The maximum Gasteiger partial charge on any atom is 0.490 e. The second kappa shape index (κ2) is 14.2. The Hall–Kier alpha value is -4.64. The van der Waals surface area contributed by atoms with E-state index in [-0.39, 0.29) is 11.1 Å². The number of carboxylic acids is 1. The summed E-state index contributed by atoms with van der Waals surface area (Å²) < 4.78 is 107. The van der Waals surface area contributed by atoms with Crippen LogP contribution in [0.15, 0.2) is 61.1 Å². The third-order valence-corrected chi connectivity index (χ3v) is 9.74. The molecule has 1 aliphatic carbocycles. The Kier molecular flexibility index (Phi) is 10.3. The summed E-state index contributed by atoms with van der Waals surface area (Å²) in [4.78, 5) is 14.9. The van der Waals surface area contributed by atoms with Crippen molar-refractivity contribution in [1.82, 2.24) is 20.1 Å². The number of hydrogen-bond donors (Lipinski definition) is 3. The quantitative estimate of drug-likeness (QED) is 0.209. The Morgan fingerprint density at radius 3 is 2.21 bits per heavy atom. The summed E-state index contributed by atoms with van der Waals surface area (Å²) in [7, 11) is -3.90. The molecule has 1 saturated carbocycles. The predicted octanol–water partition coefficient (Wildman–Crippen LogP) is 5.75. The van der Waals surface area contributed by atoms with Gasteiger partial charge in [-0.2, -0.15) is 18.3 Å². The molecule has 1 saturated heterocycles. The second-order valence-electron chi connectivity index (χ2n) is 11.1. The summed E-state index contributed by atoms with van der Waals surface area (Å²) in [6, 6.07) is 9.94. The molecule has 0 bridgehead atoms. The van der Waals surface area contributed by atoms with Crippen molar-refractivity contribution in [2.45, 2.75) is 37.1 Å². The number of nitrogens with one attached hydrogen (secondary N) is 2. The van der Waals surface area contributed by atoms with E-state index >= 15 is 8.78 Å². The van der Waals surface area contributed by atoms with Gasteiger partial charge in [0.1, 0.15) is 17.3 Å². The van der Waals surface area contributed by atoms with Gasteiger partial charge < -0.3 is 15.3 Å². The van der Waals surface area contributed by atoms with E-state index in [2.05, 4.69) is 20.1 Å². The van der Waals surface area contributed by atoms with Gasteiger partial charge in [-0.15, -0.1) is 0 Å². The molecule has 6 rings (SSSR count). The molecule has 2 aliphatic rings. The molecule has 0 radical (unpaired) electrons. The van der Waals surface area contributed by atoms with E-state index in [4.69, 9.17) is 9.90 Å². The van der Waals surface area contributed by atoms with Gasteiger partial charge in [-0.05, 0) is 43.2 Å². The van der Waals surface area contributed by atoms with Crippen LogP contribution in [-0.2, 0) is 14.8 Å². The van der Waals surface area contributed by atoms with Crippen molar-refractivity contribution in [3.05, 3.63) is 78.5 Å². The number of nitrogens with zero attached hydrogens (tertiary/aromatic N) is 4. The van der Waals surface area contributed by atoms with Gasteiger partial charge in [0, 0.05) is 73.6 Å². The maximum atomic E-state index is 16.0. The molecule has 3 heterocycles. The van der Waals surface area contributed by atoms with Gasteiger partial charge in [-0.25, -0.2) is 31.1 Å². The third-order valence-electron chi connectivity index (χ3n) is 7.88. The molecule has 17 heteroatoms. The SMILES string of the molecule is O=C(O)C(F)(F)F.O=S(=O)(Nc1cc(F)cc(-c2cn(-c3ccc(N4CCNCC4)c(F)c3)nc2-c2ccncc2)c1F)C1CCCC1. The number of aromatic nitrogens is 3. The molecule has 0 atom stereocenters. The zero-order chi connectivity index (χ0) is 34.6. The van der Waals surface area contributed by atoms with Gasteiger partial charge in [-0.1, -0.05) is 12.8 Å². The number of piperazine rings is 1. The fraction of sp³-hybridized carbons (Fsp3) is 0.323. The van der Waals surface area contributed by atoms with Crippen LogP contribution in [0.1, 0.15) is 25.7 Å². The number of carbonyl (C=O) groups is 1. The molecule has 0 spiro atoms. The zero-order valence-corrected chi connectivity index (χ0v) is 26.0. The smallest absolute Gasteiger partial charge is 0.475 e. The first-order valence-corrected chi connectivity index (χ1v) is 16.4. The normalized spacial score (nSPS) is 15.6. The number of hydrogen-bond acceptors (Lipinski definition) is 7. The largest absolute Gasteiger partial charge is 0.490 e. The summed E-state index contributed by atoms with van der Waals surface area (Å²) in [6.07, 6.45) is 1.99. The minimum atomic E-state index is -5.08. The molecule has 0 unspecified atom stereocenters. The average Bonchev–Trinajstić information content (AvgIpc) is 3.75. The lowest BCUT2D eigenvalue weighted by molar-refractivity contribution is -0.192. The number of sulfonamides is 1. The minimum Gasteiger partial charge on any atom is -0.475 e. The highest BCUT2D eigenvalue weighted by molar-refractivity contribution is 7.93. The first-order valence-electron chi connectivity index (χ1n) is 14.8. The lowest BCUT2D eigenvalue weighted by Gasteiger charge is -2.29. The fourth-order valence-electron chi connectivity index (χ4n) is 5.52. The van der Waals surface area contributed by atoms with Crippen LogP contribution >= 0.6 is 0 Å². The van der Waals surface area contributed by atoms with E-state index in [1.54, 1.807) is 36.7 Å². The first-order chi connectivity index (χ1) is 22.7. The number of aliphatic carboxylic acids is 1. The second-order valence-corrected chi connectivity index (χ2v) is 13.1. The highest BCUT2D eigenvalue weighted by atomic mass is 32.2. The number of rotatable bonds is 7. The molecule has 2 fully saturated rings. The predicted molar refractivity (Wildman–Crippen MR) is 166 cm³/mol. The average molecular weight is 697 g/mol. The van der Waals surface area contributed by atoms with Crippen molar-refractivity contribution in [2.75, 3.05) is 35.8 Å². The topological polar surface area (TPSA) is 129 Å². The molecule has 2 aromatic carbocycles. The Balaban J connectivity index is 0.000000582. The van der Waals surface area contributed by atoms with E-state index in [1.165, 1.54) is 16.9 Å². The fourth-order valence-corrected chi connectivity index (χ4v) is 7.10. The summed E-state index contributed by atoms with van der Waals surface area (Å²) in [5, 5.41) is 14.3. The summed E-state index contributed by atoms with van der Waals surface area (Å²) in [5.41, 5.74) is 1.31. The van der Waals surface area contributed by atoms with Crippen molar-refractivity contribution in [2.24, 2.45) is 0 Å². The van der Waals surface area contributed by atoms with Crippen LogP contribution in [0.5, 0.6) is 0 Å². The number of pyridine rings is 1. The molecule has 1 aliphatic heterocycles. The summed E-state index contributed by atoms with van der Waals surface area (Å²) in [5.74, 6) is -4.92. The number of halogens is 6. The molecule has 2 aromatic heterocycles. The van der Waals surface area contributed by atoms with Crippen LogP contribution in [0, 0.1) is 17.5 Å². The van der Waals surface area contributed by atoms with Crippen LogP contribution < -0.4 is 14.9 Å². The highest BCUT2D eigenvalue weighted by Crippen LogP contribution is 2.37. The Bertz CT molecular complexity index is 1880. The molecule has 256 valence electrons. The molecular weight excluding hydrogens is 666 g/mol. The molecule has 10 nitrogen and oxygen atoms in total. The van der Waals surface area contributed by atoms with Gasteiger partial charge in [0.2, 0.25) is 10.0 Å². The van der Waals surface area contributed by atoms with E-state index in [0.29, 0.717) is 48.6 Å². The zero-order valence-electron chi connectivity index (χ0n) is 25.1.